The van der Waals surface area contributed by atoms with Crippen molar-refractivity contribution in [3.05, 3.63) is 101 Å². The van der Waals surface area contributed by atoms with Crippen molar-refractivity contribution in [2.24, 2.45) is 0 Å². The summed E-state index contributed by atoms with van der Waals surface area (Å²) in [6, 6.07) is 19.1. The highest BCUT2D eigenvalue weighted by Gasteiger charge is 2.36. The smallest absolute Gasteiger partial charge is 0.278 e. The predicted molar refractivity (Wildman–Crippen MR) is 164 cm³/mol. The van der Waals surface area contributed by atoms with Gasteiger partial charge in [-0.3, -0.25) is 9.59 Å². The number of amides is 2. The van der Waals surface area contributed by atoms with Crippen LogP contribution in [0.1, 0.15) is 57.3 Å². The normalized spacial score (nSPS) is 14.6. The number of rotatable bonds is 6. The molecule has 41 heavy (non-hydrogen) atoms. The molecule has 0 fully saturated rings. The molecule has 1 unspecified atom stereocenters. The Kier molecular flexibility index (Phi) is 6.91. The van der Waals surface area contributed by atoms with E-state index in [1.165, 1.54) is 0 Å². The molecular formula is C33H31ClN4O3. The molecule has 1 aliphatic rings. The lowest BCUT2D eigenvalue weighted by Crippen LogP contribution is -2.30. The van der Waals surface area contributed by atoms with E-state index in [1.807, 2.05) is 45.0 Å². The van der Waals surface area contributed by atoms with Crippen LogP contribution in [0.15, 0.2) is 73.1 Å². The zero-order valence-corrected chi connectivity index (χ0v) is 24.2. The highest BCUT2D eigenvalue weighted by Crippen LogP contribution is 2.47. The van der Waals surface area contributed by atoms with Gasteiger partial charge in [-0.25, -0.2) is 4.98 Å². The summed E-state index contributed by atoms with van der Waals surface area (Å²) in [7, 11) is 0. The van der Waals surface area contributed by atoms with E-state index in [0.717, 1.165) is 38.9 Å². The Balaban J connectivity index is 1.35. The number of ether oxygens (including phenoxy) is 1. The maximum Gasteiger partial charge on any atom is 0.278 e. The van der Waals surface area contributed by atoms with Gasteiger partial charge < -0.3 is 19.4 Å². The number of benzene rings is 3. The lowest BCUT2D eigenvalue weighted by molar-refractivity contribution is 0.0982. The molecule has 7 nitrogen and oxygen atoms in total. The second-order valence-electron chi connectivity index (χ2n) is 10.9. The zero-order valence-electron chi connectivity index (χ0n) is 23.4. The minimum Gasteiger partial charge on any atom is -0.490 e. The van der Waals surface area contributed by atoms with E-state index in [9.17, 15) is 9.59 Å². The molecule has 2 amide bonds. The Hall–Kier alpha value is -4.36. The van der Waals surface area contributed by atoms with Crippen molar-refractivity contribution in [3.63, 3.8) is 0 Å². The molecule has 5 aromatic rings. The second kappa shape index (κ2) is 10.6. The standard InChI is InChI=1S/C33H31ClN4O3/c1-19(2)41-28-14-27-31(30-21(4)6-5-7-25(28)30)23(15-34)16-38(27)33(40)26-18-37-17-24(12-13-29(37)36-26)35-32(39)22-10-8-20(3)9-11-22/h5-14,17-19,23H,15-16H2,1-4H3,(H,35,39). The first-order valence-corrected chi connectivity index (χ1v) is 14.2. The first-order valence-electron chi connectivity index (χ1n) is 13.7. The molecule has 0 saturated carbocycles. The molecule has 3 heterocycles. The van der Waals surface area contributed by atoms with Crippen LogP contribution >= 0.6 is 11.6 Å². The molecule has 8 heteroatoms. The van der Waals surface area contributed by atoms with Gasteiger partial charge in [-0.1, -0.05) is 35.9 Å². The highest BCUT2D eigenvalue weighted by molar-refractivity contribution is 6.19. The zero-order chi connectivity index (χ0) is 28.8. The van der Waals surface area contributed by atoms with E-state index >= 15 is 0 Å². The Bertz CT molecular complexity index is 1810. The van der Waals surface area contributed by atoms with E-state index in [0.29, 0.717) is 35.0 Å². The number of alkyl halides is 1. The predicted octanol–water partition coefficient (Wildman–Crippen LogP) is 7.13. The Morgan fingerprint density at radius 2 is 1.85 bits per heavy atom. The molecule has 0 saturated heterocycles. The van der Waals surface area contributed by atoms with Gasteiger partial charge in [-0.2, -0.15) is 0 Å². The fraction of sp³-hybridized carbons (Fsp3) is 0.242. The first kappa shape index (κ1) is 26.8. The topological polar surface area (TPSA) is 75.9 Å². The van der Waals surface area contributed by atoms with Crippen molar-refractivity contribution in [3.8, 4) is 5.75 Å². The van der Waals surface area contributed by atoms with Crippen molar-refractivity contribution in [1.82, 2.24) is 9.38 Å². The van der Waals surface area contributed by atoms with Crippen LogP contribution in [-0.2, 0) is 0 Å². The van der Waals surface area contributed by atoms with Gasteiger partial charge >= 0.3 is 0 Å². The molecule has 1 atom stereocenters. The lowest BCUT2D eigenvalue weighted by atomic mass is 9.92. The third-order valence-corrected chi connectivity index (χ3v) is 7.86. The third-order valence-electron chi connectivity index (χ3n) is 7.49. The summed E-state index contributed by atoms with van der Waals surface area (Å²) in [5.74, 6) is 0.696. The summed E-state index contributed by atoms with van der Waals surface area (Å²) in [4.78, 5) is 33.1. The summed E-state index contributed by atoms with van der Waals surface area (Å²) < 4.78 is 7.97. The molecule has 2 aromatic heterocycles. The van der Waals surface area contributed by atoms with Crippen LogP contribution in [0, 0.1) is 13.8 Å². The van der Waals surface area contributed by atoms with E-state index in [2.05, 4.69) is 29.4 Å². The average molecular weight is 567 g/mol. The van der Waals surface area contributed by atoms with Gasteiger partial charge in [0.15, 0.2) is 0 Å². The number of aryl methyl sites for hydroxylation is 2. The molecule has 0 bridgehead atoms. The Morgan fingerprint density at radius 1 is 1.07 bits per heavy atom. The maximum atomic E-state index is 14.0. The number of carbonyl (C=O) groups is 2. The number of pyridine rings is 1. The van der Waals surface area contributed by atoms with E-state index in [-0.39, 0.29) is 23.8 Å². The first-order chi connectivity index (χ1) is 19.7. The Morgan fingerprint density at radius 3 is 2.59 bits per heavy atom. The van der Waals surface area contributed by atoms with Crippen LogP contribution in [0.4, 0.5) is 11.4 Å². The molecule has 3 aromatic carbocycles. The molecule has 208 valence electrons. The van der Waals surface area contributed by atoms with Gasteiger partial charge in [0.1, 0.15) is 17.1 Å². The maximum absolute atomic E-state index is 14.0. The van der Waals surface area contributed by atoms with Crippen molar-refractivity contribution in [1.29, 1.82) is 0 Å². The van der Waals surface area contributed by atoms with Crippen molar-refractivity contribution in [2.75, 3.05) is 22.6 Å². The number of carbonyl (C=O) groups excluding carboxylic acids is 2. The quantitative estimate of drug-likeness (QED) is 0.222. The number of nitrogens with one attached hydrogen (secondary N) is 1. The largest absolute Gasteiger partial charge is 0.490 e. The number of aromatic nitrogens is 2. The number of halogens is 1. The lowest BCUT2D eigenvalue weighted by Gasteiger charge is -2.20. The van der Waals surface area contributed by atoms with Crippen LogP contribution in [0.25, 0.3) is 16.4 Å². The number of hydrogen-bond donors (Lipinski definition) is 1. The molecule has 6 rings (SSSR count). The number of hydrogen-bond acceptors (Lipinski definition) is 4. The van der Waals surface area contributed by atoms with Crippen LogP contribution in [0.2, 0.25) is 0 Å². The summed E-state index contributed by atoms with van der Waals surface area (Å²) in [6.07, 6.45) is 3.44. The third kappa shape index (κ3) is 4.91. The van der Waals surface area contributed by atoms with Crippen molar-refractivity contribution in [2.45, 2.75) is 39.7 Å². The van der Waals surface area contributed by atoms with E-state index in [4.69, 9.17) is 16.3 Å². The fourth-order valence-corrected chi connectivity index (χ4v) is 5.82. The summed E-state index contributed by atoms with van der Waals surface area (Å²) >= 11 is 6.48. The minimum absolute atomic E-state index is 0.0204. The van der Waals surface area contributed by atoms with Crippen LogP contribution in [-0.4, -0.2) is 39.7 Å². The van der Waals surface area contributed by atoms with Gasteiger partial charge in [0.2, 0.25) is 0 Å². The highest BCUT2D eigenvalue weighted by atomic mass is 35.5. The summed E-state index contributed by atoms with van der Waals surface area (Å²) in [6.45, 7) is 8.50. The van der Waals surface area contributed by atoms with E-state index < -0.39 is 0 Å². The fourth-order valence-electron chi connectivity index (χ4n) is 5.57. The second-order valence-corrected chi connectivity index (χ2v) is 11.2. The summed E-state index contributed by atoms with van der Waals surface area (Å²) in [5, 5.41) is 5.03. The number of anilines is 2. The number of nitrogens with zero attached hydrogens (tertiary/aromatic N) is 3. The minimum atomic E-state index is -0.212. The van der Waals surface area contributed by atoms with Gasteiger partial charge in [-0.05, 0) is 68.5 Å². The molecule has 0 spiro atoms. The van der Waals surface area contributed by atoms with Gasteiger partial charge in [0, 0.05) is 47.8 Å². The molecular weight excluding hydrogens is 536 g/mol. The Labute approximate surface area is 243 Å². The molecule has 1 aliphatic heterocycles. The van der Waals surface area contributed by atoms with Crippen molar-refractivity contribution < 1.29 is 14.3 Å². The molecule has 0 aliphatic carbocycles. The van der Waals surface area contributed by atoms with Crippen LogP contribution in [0.3, 0.4) is 0 Å². The monoisotopic (exact) mass is 566 g/mol. The van der Waals surface area contributed by atoms with Crippen molar-refractivity contribution >= 4 is 51.2 Å². The van der Waals surface area contributed by atoms with Gasteiger partial charge in [-0.15, -0.1) is 11.6 Å². The molecule has 1 N–H and O–H groups in total. The number of imidazole rings is 1. The average Bonchev–Trinajstić information content (AvgIpc) is 3.54. The van der Waals surface area contributed by atoms with Crippen LogP contribution < -0.4 is 15.0 Å². The van der Waals surface area contributed by atoms with Crippen LogP contribution in [0.5, 0.6) is 5.75 Å². The SMILES string of the molecule is Cc1ccc(C(=O)Nc2ccc3nc(C(=O)N4CC(CCl)c5c4cc(OC(C)C)c4cccc(C)c54)cn3c2)cc1. The summed E-state index contributed by atoms with van der Waals surface area (Å²) in [5.41, 5.74) is 6.17. The molecule has 0 radical (unpaired) electrons. The van der Waals surface area contributed by atoms with Gasteiger partial charge in [0.05, 0.1) is 17.5 Å². The van der Waals surface area contributed by atoms with Gasteiger partial charge in [0.25, 0.3) is 11.8 Å². The number of fused-ring (bicyclic) bond motifs is 4. The van der Waals surface area contributed by atoms with E-state index in [1.54, 1.807) is 46.0 Å².